The van der Waals surface area contributed by atoms with Crippen molar-refractivity contribution >= 4 is 0 Å². The zero-order valence-corrected chi connectivity index (χ0v) is 13.2. The molecule has 19 heavy (non-hydrogen) atoms. The number of aryl methyl sites for hydroxylation is 1. The van der Waals surface area contributed by atoms with Crippen LogP contribution in [0, 0.1) is 32.6 Å². The smallest absolute Gasteiger partial charge is 0.122 e. The van der Waals surface area contributed by atoms with E-state index in [1.807, 2.05) is 6.92 Å². The minimum Gasteiger partial charge on any atom is -0.493 e. The van der Waals surface area contributed by atoms with E-state index >= 15 is 0 Å². The first-order valence-electron chi connectivity index (χ1n) is 7.16. The van der Waals surface area contributed by atoms with Crippen LogP contribution in [0.1, 0.15) is 61.8 Å². The van der Waals surface area contributed by atoms with Gasteiger partial charge in [0.1, 0.15) is 5.75 Å². The Balaban J connectivity index is 3.13. The molecule has 1 unspecified atom stereocenters. The van der Waals surface area contributed by atoms with Crippen LogP contribution in [-0.2, 0) is 0 Å². The third-order valence-electron chi connectivity index (χ3n) is 3.65. The molecule has 0 fully saturated rings. The highest BCUT2D eigenvalue weighted by atomic mass is 16.5. The highest BCUT2D eigenvalue weighted by Crippen LogP contribution is 2.33. The topological polar surface area (TPSA) is 9.23 Å². The quantitative estimate of drug-likeness (QED) is 0.681. The first-order chi connectivity index (χ1) is 9.02. The second kappa shape index (κ2) is 7.24. The minimum atomic E-state index is 0.478. The molecule has 1 aromatic rings. The Morgan fingerprint density at radius 1 is 1.21 bits per heavy atom. The number of hydrogen-bond donors (Lipinski definition) is 0. The maximum Gasteiger partial charge on any atom is 0.122 e. The van der Waals surface area contributed by atoms with Gasteiger partial charge in [-0.1, -0.05) is 13.8 Å². The molecule has 0 aliphatic rings. The van der Waals surface area contributed by atoms with Gasteiger partial charge in [0.25, 0.3) is 0 Å². The lowest BCUT2D eigenvalue weighted by Crippen LogP contribution is -2.05. The molecule has 0 heterocycles. The van der Waals surface area contributed by atoms with Gasteiger partial charge in [0.05, 0.1) is 6.61 Å². The Bertz CT molecular complexity index is 489. The van der Waals surface area contributed by atoms with Crippen molar-refractivity contribution in [2.24, 2.45) is 0 Å². The number of rotatable bonds is 5. The van der Waals surface area contributed by atoms with Crippen LogP contribution in [0.25, 0.3) is 0 Å². The average molecular weight is 258 g/mol. The second-order valence-corrected chi connectivity index (χ2v) is 5.24. The highest BCUT2D eigenvalue weighted by Gasteiger charge is 2.15. The van der Waals surface area contributed by atoms with Crippen LogP contribution in [0.15, 0.2) is 6.07 Å². The van der Waals surface area contributed by atoms with Crippen molar-refractivity contribution in [3.05, 3.63) is 28.3 Å². The first-order valence-corrected chi connectivity index (χ1v) is 7.16. The van der Waals surface area contributed by atoms with Crippen molar-refractivity contribution in [1.29, 1.82) is 0 Å². The van der Waals surface area contributed by atoms with Gasteiger partial charge in [-0.15, -0.1) is 11.8 Å². The third-order valence-corrected chi connectivity index (χ3v) is 3.65. The van der Waals surface area contributed by atoms with E-state index in [1.165, 1.54) is 22.3 Å². The van der Waals surface area contributed by atoms with E-state index < -0.39 is 0 Å². The lowest BCUT2D eigenvalue weighted by Gasteiger charge is -2.20. The Morgan fingerprint density at radius 3 is 2.47 bits per heavy atom. The maximum absolute atomic E-state index is 5.84. The van der Waals surface area contributed by atoms with Crippen molar-refractivity contribution in [3.63, 3.8) is 0 Å². The SMILES string of the molecule is CC#CCC(C)c1c(C)cc(OCCC)c(C)c1C. The molecule has 1 rings (SSSR count). The molecule has 1 nitrogen and oxygen atoms in total. The monoisotopic (exact) mass is 258 g/mol. The number of hydrogen-bond acceptors (Lipinski definition) is 1. The molecule has 0 radical (unpaired) electrons. The van der Waals surface area contributed by atoms with Gasteiger partial charge in [-0.05, 0) is 68.4 Å². The van der Waals surface area contributed by atoms with Crippen molar-refractivity contribution < 1.29 is 4.74 Å². The van der Waals surface area contributed by atoms with Crippen LogP contribution in [0.3, 0.4) is 0 Å². The third kappa shape index (κ3) is 3.77. The van der Waals surface area contributed by atoms with Crippen LogP contribution in [0.5, 0.6) is 5.75 Å². The molecule has 0 saturated heterocycles. The molecule has 0 aliphatic carbocycles. The summed E-state index contributed by atoms with van der Waals surface area (Å²) >= 11 is 0. The number of ether oxygens (including phenoxy) is 1. The summed E-state index contributed by atoms with van der Waals surface area (Å²) in [7, 11) is 0. The Hall–Kier alpha value is -1.42. The predicted molar refractivity (Wildman–Crippen MR) is 82.9 cm³/mol. The summed E-state index contributed by atoms with van der Waals surface area (Å²) in [5.41, 5.74) is 5.38. The van der Waals surface area contributed by atoms with Gasteiger partial charge in [-0.3, -0.25) is 0 Å². The van der Waals surface area contributed by atoms with Gasteiger partial charge in [-0.25, -0.2) is 0 Å². The van der Waals surface area contributed by atoms with Crippen molar-refractivity contribution in [2.45, 2.75) is 60.3 Å². The highest BCUT2D eigenvalue weighted by molar-refractivity contribution is 5.49. The molecule has 0 aromatic heterocycles. The van der Waals surface area contributed by atoms with Gasteiger partial charge >= 0.3 is 0 Å². The van der Waals surface area contributed by atoms with Crippen LogP contribution in [0.4, 0.5) is 0 Å². The van der Waals surface area contributed by atoms with E-state index in [4.69, 9.17) is 4.74 Å². The van der Waals surface area contributed by atoms with Gasteiger partial charge in [0.15, 0.2) is 0 Å². The Kier molecular flexibility index (Phi) is 5.96. The summed E-state index contributed by atoms with van der Waals surface area (Å²) in [5, 5.41) is 0. The van der Waals surface area contributed by atoms with Crippen LogP contribution in [0.2, 0.25) is 0 Å². The fraction of sp³-hybridized carbons (Fsp3) is 0.556. The fourth-order valence-electron chi connectivity index (χ4n) is 2.54. The molecular formula is C18H26O. The number of benzene rings is 1. The predicted octanol–water partition coefficient (Wildman–Crippen LogP) is 4.92. The minimum absolute atomic E-state index is 0.478. The zero-order chi connectivity index (χ0) is 14.4. The van der Waals surface area contributed by atoms with Gasteiger partial charge in [0.2, 0.25) is 0 Å². The summed E-state index contributed by atoms with van der Waals surface area (Å²) in [4.78, 5) is 0. The first kappa shape index (κ1) is 15.6. The van der Waals surface area contributed by atoms with Crippen molar-refractivity contribution in [3.8, 4) is 17.6 Å². The summed E-state index contributed by atoms with van der Waals surface area (Å²) in [6.07, 6.45) is 1.97. The Morgan fingerprint density at radius 2 is 1.89 bits per heavy atom. The molecule has 1 aromatic carbocycles. The van der Waals surface area contributed by atoms with Gasteiger partial charge in [-0.2, -0.15) is 0 Å². The van der Waals surface area contributed by atoms with Gasteiger partial charge in [0, 0.05) is 6.42 Å². The van der Waals surface area contributed by atoms with Crippen molar-refractivity contribution in [2.75, 3.05) is 6.61 Å². The van der Waals surface area contributed by atoms with E-state index in [9.17, 15) is 0 Å². The zero-order valence-electron chi connectivity index (χ0n) is 13.2. The Labute approximate surface area is 118 Å². The lowest BCUT2D eigenvalue weighted by atomic mass is 9.87. The van der Waals surface area contributed by atoms with Crippen LogP contribution in [-0.4, -0.2) is 6.61 Å². The lowest BCUT2D eigenvalue weighted by molar-refractivity contribution is 0.314. The fourth-order valence-corrected chi connectivity index (χ4v) is 2.54. The molecule has 0 spiro atoms. The summed E-state index contributed by atoms with van der Waals surface area (Å²) < 4.78 is 5.84. The van der Waals surface area contributed by atoms with E-state index in [1.54, 1.807) is 0 Å². The van der Waals surface area contributed by atoms with Gasteiger partial charge < -0.3 is 4.74 Å². The summed E-state index contributed by atoms with van der Waals surface area (Å²) in [6.45, 7) is 13.6. The van der Waals surface area contributed by atoms with Crippen LogP contribution >= 0.6 is 0 Å². The molecule has 1 atom stereocenters. The summed E-state index contributed by atoms with van der Waals surface area (Å²) in [6, 6.07) is 2.18. The molecular weight excluding hydrogens is 232 g/mol. The molecule has 0 amide bonds. The average Bonchev–Trinajstić information content (AvgIpc) is 2.39. The molecule has 104 valence electrons. The van der Waals surface area contributed by atoms with E-state index in [0.29, 0.717) is 5.92 Å². The van der Waals surface area contributed by atoms with E-state index in [2.05, 4.69) is 52.5 Å². The summed E-state index contributed by atoms with van der Waals surface area (Å²) in [5.74, 6) is 7.69. The standard InChI is InChI=1S/C18H26O/c1-7-9-10-13(3)18-14(4)12-17(19-11-8-2)15(5)16(18)6/h12-13H,8,10-11H2,1-6H3. The van der Waals surface area contributed by atoms with E-state index in [-0.39, 0.29) is 0 Å². The van der Waals surface area contributed by atoms with E-state index in [0.717, 1.165) is 25.2 Å². The largest absolute Gasteiger partial charge is 0.493 e. The normalized spacial score (nSPS) is 11.7. The molecule has 1 heteroatoms. The molecule has 0 bridgehead atoms. The van der Waals surface area contributed by atoms with Crippen LogP contribution < -0.4 is 4.74 Å². The maximum atomic E-state index is 5.84. The molecule has 0 saturated carbocycles. The molecule has 0 aliphatic heterocycles. The second-order valence-electron chi connectivity index (χ2n) is 5.24. The molecule has 0 N–H and O–H groups in total. The van der Waals surface area contributed by atoms with Crippen molar-refractivity contribution in [1.82, 2.24) is 0 Å².